The lowest BCUT2D eigenvalue weighted by Crippen LogP contribution is -2.20. The summed E-state index contributed by atoms with van der Waals surface area (Å²) in [5, 5.41) is 2.80. The minimum Gasteiger partial charge on any atom is -0.497 e. The number of rotatable bonds is 8. The number of methoxy groups -OCH3 is 1. The summed E-state index contributed by atoms with van der Waals surface area (Å²) in [4.78, 5) is 12.2. The van der Waals surface area contributed by atoms with Crippen LogP contribution in [0.3, 0.4) is 0 Å². The van der Waals surface area contributed by atoms with Crippen molar-refractivity contribution in [3.63, 3.8) is 0 Å². The second-order valence-corrected chi connectivity index (χ2v) is 8.65. The fourth-order valence-corrected chi connectivity index (χ4v) is 3.95. The molecule has 0 atom stereocenters. The van der Waals surface area contributed by atoms with E-state index < -0.39 is 10.0 Å². The number of nitrogens with one attached hydrogen (secondary N) is 2. The summed E-state index contributed by atoms with van der Waals surface area (Å²) in [6, 6.07) is 18.2. The number of hydrogen-bond donors (Lipinski definition) is 2. The van der Waals surface area contributed by atoms with Gasteiger partial charge in [0.15, 0.2) is 6.61 Å². The Kier molecular flexibility index (Phi) is 6.81. The van der Waals surface area contributed by atoms with Gasteiger partial charge in [0.05, 0.1) is 17.7 Å². The van der Waals surface area contributed by atoms with Crippen molar-refractivity contribution >= 4 is 27.3 Å². The molecule has 0 aliphatic carbocycles. The van der Waals surface area contributed by atoms with Gasteiger partial charge < -0.3 is 14.8 Å². The van der Waals surface area contributed by atoms with E-state index in [1.54, 1.807) is 24.3 Å². The molecule has 7 nitrogen and oxygen atoms in total. The van der Waals surface area contributed by atoms with Crippen LogP contribution in [0.2, 0.25) is 0 Å². The van der Waals surface area contributed by atoms with E-state index in [9.17, 15) is 13.2 Å². The van der Waals surface area contributed by atoms with Crippen LogP contribution in [-0.4, -0.2) is 28.0 Å². The lowest BCUT2D eigenvalue weighted by molar-refractivity contribution is -0.118. The smallest absolute Gasteiger partial charge is 0.262 e. The summed E-state index contributed by atoms with van der Waals surface area (Å²) in [6.45, 7) is 3.71. The van der Waals surface area contributed by atoms with Crippen LogP contribution >= 0.6 is 0 Å². The van der Waals surface area contributed by atoms with Crippen molar-refractivity contribution in [2.24, 2.45) is 0 Å². The van der Waals surface area contributed by atoms with E-state index in [0.717, 1.165) is 16.8 Å². The van der Waals surface area contributed by atoms with Crippen molar-refractivity contribution in [3.8, 4) is 11.5 Å². The van der Waals surface area contributed by atoms with E-state index in [0.29, 0.717) is 17.2 Å². The van der Waals surface area contributed by atoms with Crippen LogP contribution in [0.25, 0.3) is 0 Å². The summed E-state index contributed by atoms with van der Waals surface area (Å²) in [5.41, 5.74) is 3.20. The fourth-order valence-electron chi connectivity index (χ4n) is 2.90. The van der Waals surface area contributed by atoms with Gasteiger partial charge in [-0.15, -0.1) is 0 Å². The zero-order chi connectivity index (χ0) is 22.4. The van der Waals surface area contributed by atoms with Crippen molar-refractivity contribution in [2.45, 2.75) is 18.7 Å². The summed E-state index contributed by atoms with van der Waals surface area (Å²) < 4.78 is 38.2. The number of carbonyl (C=O) groups excluding carboxylic acids is 1. The Morgan fingerprint density at radius 3 is 2.35 bits per heavy atom. The highest BCUT2D eigenvalue weighted by atomic mass is 32.2. The molecule has 0 aliphatic rings. The van der Waals surface area contributed by atoms with Crippen LogP contribution in [0.4, 0.5) is 11.4 Å². The molecule has 3 aromatic rings. The first-order valence-corrected chi connectivity index (χ1v) is 11.0. The summed E-state index contributed by atoms with van der Waals surface area (Å²) in [6.07, 6.45) is 0. The number of ether oxygens (including phenoxy) is 2. The number of sulfonamides is 1. The number of hydrogen-bond acceptors (Lipinski definition) is 5. The molecule has 0 saturated carbocycles. The Labute approximate surface area is 182 Å². The molecule has 0 aromatic heterocycles. The van der Waals surface area contributed by atoms with Crippen LogP contribution in [0.15, 0.2) is 71.6 Å². The van der Waals surface area contributed by atoms with Gasteiger partial charge in [0.1, 0.15) is 11.5 Å². The van der Waals surface area contributed by atoms with Crippen molar-refractivity contribution in [2.75, 3.05) is 23.8 Å². The molecule has 0 heterocycles. The third-order valence-corrected chi connectivity index (χ3v) is 5.88. The molecule has 0 bridgehead atoms. The topological polar surface area (TPSA) is 93.7 Å². The maximum Gasteiger partial charge on any atom is 0.262 e. The van der Waals surface area contributed by atoms with Gasteiger partial charge >= 0.3 is 0 Å². The molecule has 162 valence electrons. The first kappa shape index (κ1) is 22.2. The Morgan fingerprint density at radius 2 is 1.68 bits per heavy atom. The standard InChI is InChI=1S/C23H24N2O5S/c1-16-7-12-22(17(2)13-16)24-23(26)15-30-19-8-10-21(11-9-19)31(27,28)25-18-5-4-6-20(14-18)29-3/h4-14,25H,15H2,1-3H3,(H,24,26). The molecule has 0 fully saturated rings. The molecule has 0 spiro atoms. The van der Waals surface area contributed by atoms with Crippen molar-refractivity contribution in [1.82, 2.24) is 0 Å². The second-order valence-electron chi connectivity index (χ2n) is 6.96. The maximum absolute atomic E-state index is 12.6. The molecule has 0 unspecified atom stereocenters. The van der Waals surface area contributed by atoms with E-state index in [4.69, 9.17) is 9.47 Å². The Bertz CT molecular complexity index is 1170. The fraction of sp³-hybridized carbons (Fsp3) is 0.174. The van der Waals surface area contributed by atoms with Crippen LogP contribution < -0.4 is 19.5 Å². The summed E-state index contributed by atoms with van der Waals surface area (Å²) >= 11 is 0. The largest absolute Gasteiger partial charge is 0.497 e. The molecule has 0 saturated heterocycles. The molecule has 1 amide bonds. The minimum absolute atomic E-state index is 0.0717. The number of aryl methyl sites for hydroxylation is 2. The summed E-state index contributed by atoms with van der Waals surface area (Å²) in [5.74, 6) is 0.627. The Balaban J connectivity index is 1.59. The average Bonchev–Trinajstić information content (AvgIpc) is 2.74. The van der Waals surface area contributed by atoms with Gasteiger partial charge in [-0.2, -0.15) is 0 Å². The highest BCUT2D eigenvalue weighted by molar-refractivity contribution is 7.92. The lowest BCUT2D eigenvalue weighted by Gasteiger charge is -2.11. The van der Waals surface area contributed by atoms with E-state index in [-0.39, 0.29) is 17.4 Å². The van der Waals surface area contributed by atoms with Crippen molar-refractivity contribution in [1.29, 1.82) is 0 Å². The predicted molar refractivity (Wildman–Crippen MR) is 120 cm³/mol. The quantitative estimate of drug-likeness (QED) is 0.549. The minimum atomic E-state index is -3.78. The zero-order valence-electron chi connectivity index (χ0n) is 17.5. The van der Waals surface area contributed by atoms with Gasteiger partial charge in [0, 0.05) is 11.8 Å². The van der Waals surface area contributed by atoms with Crippen molar-refractivity contribution in [3.05, 3.63) is 77.9 Å². The van der Waals surface area contributed by atoms with Crippen LogP contribution in [0.5, 0.6) is 11.5 Å². The zero-order valence-corrected chi connectivity index (χ0v) is 18.3. The van der Waals surface area contributed by atoms with Crippen LogP contribution in [0.1, 0.15) is 11.1 Å². The maximum atomic E-state index is 12.6. The SMILES string of the molecule is COc1cccc(NS(=O)(=O)c2ccc(OCC(=O)Nc3ccc(C)cc3C)cc2)c1. The molecule has 0 aliphatic heterocycles. The highest BCUT2D eigenvalue weighted by Crippen LogP contribution is 2.22. The van der Waals surface area contributed by atoms with Gasteiger partial charge in [-0.3, -0.25) is 9.52 Å². The molecule has 2 N–H and O–H groups in total. The van der Waals surface area contributed by atoms with Gasteiger partial charge in [0.2, 0.25) is 0 Å². The van der Waals surface area contributed by atoms with Gasteiger partial charge in [-0.1, -0.05) is 23.8 Å². The molecule has 31 heavy (non-hydrogen) atoms. The van der Waals surface area contributed by atoms with E-state index in [1.807, 2.05) is 32.0 Å². The highest BCUT2D eigenvalue weighted by Gasteiger charge is 2.15. The number of anilines is 2. The van der Waals surface area contributed by atoms with E-state index in [2.05, 4.69) is 10.0 Å². The normalized spacial score (nSPS) is 10.9. The van der Waals surface area contributed by atoms with E-state index >= 15 is 0 Å². The summed E-state index contributed by atoms with van der Waals surface area (Å²) in [7, 11) is -2.27. The average molecular weight is 441 g/mol. The number of amides is 1. The second kappa shape index (κ2) is 9.53. The Morgan fingerprint density at radius 1 is 0.935 bits per heavy atom. The molecular weight excluding hydrogens is 416 g/mol. The first-order chi connectivity index (χ1) is 14.8. The van der Waals surface area contributed by atoms with Crippen molar-refractivity contribution < 1.29 is 22.7 Å². The first-order valence-electron chi connectivity index (χ1n) is 9.54. The lowest BCUT2D eigenvalue weighted by atomic mass is 10.1. The third kappa shape index (κ3) is 5.99. The monoisotopic (exact) mass is 440 g/mol. The van der Waals surface area contributed by atoms with Crippen LogP contribution in [0, 0.1) is 13.8 Å². The number of carbonyl (C=O) groups is 1. The molecular formula is C23H24N2O5S. The van der Waals surface area contributed by atoms with Gasteiger partial charge in [-0.25, -0.2) is 8.42 Å². The predicted octanol–water partition coefficient (Wildman–Crippen LogP) is 4.13. The number of benzene rings is 3. The molecule has 8 heteroatoms. The van der Waals surface area contributed by atoms with Gasteiger partial charge in [0.25, 0.3) is 15.9 Å². The Hall–Kier alpha value is -3.52. The molecule has 0 radical (unpaired) electrons. The van der Waals surface area contributed by atoms with E-state index in [1.165, 1.54) is 31.4 Å². The molecule has 3 rings (SSSR count). The van der Waals surface area contributed by atoms with Gasteiger partial charge in [-0.05, 0) is 61.9 Å². The molecule has 3 aromatic carbocycles. The van der Waals surface area contributed by atoms with Crippen LogP contribution in [-0.2, 0) is 14.8 Å². The third-order valence-electron chi connectivity index (χ3n) is 4.48.